The molecule has 2 rings (SSSR count). The van der Waals surface area contributed by atoms with E-state index in [0.717, 1.165) is 6.42 Å². The molecular formula is C19H21N3O4. The zero-order chi connectivity index (χ0) is 19.1. The zero-order valence-electron chi connectivity index (χ0n) is 14.9. The Kier molecular flexibility index (Phi) is 6.43. The standard InChI is InChI=1S/C19H21N3O4/c1-4-12(2)21-17(23)14-9-15(11-20-10-14)18(24)22-16-7-5-13(6-8-16)19(25)26-3/h5-12H,4H2,1-3H3,(H,21,23)(H,22,24). The number of hydrogen-bond donors (Lipinski definition) is 2. The zero-order valence-corrected chi connectivity index (χ0v) is 14.9. The van der Waals surface area contributed by atoms with E-state index in [1.54, 1.807) is 24.3 Å². The molecule has 1 atom stereocenters. The number of pyridine rings is 1. The third-order valence-electron chi connectivity index (χ3n) is 3.82. The number of esters is 1. The SMILES string of the molecule is CCC(C)NC(=O)c1cncc(C(=O)Nc2ccc(C(=O)OC)cc2)c1. The Morgan fingerprint density at radius 1 is 1.04 bits per heavy atom. The van der Waals surface area contributed by atoms with Crippen molar-refractivity contribution in [1.29, 1.82) is 0 Å². The lowest BCUT2D eigenvalue weighted by molar-refractivity contribution is 0.0600. The van der Waals surface area contributed by atoms with Crippen LogP contribution in [0.25, 0.3) is 0 Å². The van der Waals surface area contributed by atoms with Gasteiger partial charge in [-0.15, -0.1) is 0 Å². The molecule has 2 aromatic rings. The van der Waals surface area contributed by atoms with Crippen LogP contribution in [-0.4, -0.2) is 35.9 Å². The topological polar surface area (TPSA) is 97.4 Å². The first-order valence-electron chi connectivity index (χ1n) is 8.20. The lowest BCUT2D eigenvalue weighted by Gasteiger charge is -2.11. The van der Waals surface area contributed by atoms with Gasteiger partial charge in [-0.25, -0.2) is 4.79 Å². The molecule has 0 fully saturated rings. The summed E-state index contributed by atoms with van der Waals surface area (Å²) in [5, 5.41) is 5.53. The number of anilines is 1. The Morgan fingerprint density at radius 2 is 1.65 bits per heavy atom. The first-order valence-corrected chi connectivity index (χ1v) is 8.20. The van der Waals surface area contributed by atoms with Crippen molar-refractivity contribution < 1.29 is 19.1 Å². The molecule has 0 aliphatic heterocycles. The summed E-state index contributed by atoms with van der Waals surface area (Å²) >= 11 is 0. The molecule has 0 spiro atoms. The highest BCUT2D eigenvalue weighted by Gasteiger charge is 2.13. The van der Waals surface area contributed by atoms with E-state index in [1.807, 2.05) is 13.8 Å². The van der Waals surface area contributed by atoms with Gasteiger partial charge in [-0.3, -0.25) is 14.6 Å². The average Bonchev–Trinajstić information content (AvgIpc) is 2.67. The first kappa shape index (κ1) is 19.1. The molecule has 2 N–H and O–H groups in total. The van der Waals surface area contributed by atoms with Gasteiger partial charge in [0, 0.05) is 24.1 Å². The molecule has 1 aromatic heterocycles. The van der Waals surface area contributed by atoms with Crippen LogP contribution in [0.5, 0.6) is 0 Å². The Labute approximate surface area is 151 Å². The average molecular weight is 355 g/mol. The fraction of sp³-hybridized carbons (Fsp3) is 0.263. The fourth-order valence-corrected chi connectivity index (χ4v) is 2.11. The lowest BCUT2D eigenvalue weighted by atomic mass is 10.1. The van der Waals surface area contributed by atoms with Crippen molar-refractivity contribution in [2.24, 2.45) is 0 Å². The summed E-state index contributed by atoms with van der Waals surface area (Å²) < 4.78 is 4.63. The summed E-state index contributed by atoms with van der Waals surface area (Å²) in [5.41, 5.74) is 1.48. The number of amides is 2. The maximum atomic E-state index is 12.4. The van der Waals surface area contributed by atoms with Crippen LogP contribution in [-0.2, 0) is 4.74 Å². The number of ether oxygens (including phenoxy) is 1. The Hall–Kier alpha value is -3.22. The largest absolute Gasteiger partial charge is 0.465 e. The van der Waals surface area contributed by atoms with E-state index in [1.165, 1.54) is 25.6 Å². The minimum Gasteiger partial charge on any atom is -0.465 e. The summed E-state index contributed by atoms with van der Waals surface area (Å²) in [7, 11) is 1.30. The number of nitrogens with zero attached hydrogens (tertiary/aromatic N) is 1. The van der Waals surface area contributed by atoms with Crippen molar-refractivity contribution in [1.82, 2.24) is 10.3 Å². The molecule has 0 saturated carbocycles. The van der Waals surface area contributed by atoms with Gasteiger partial charge in [0.25, 0.3) is 11.8 Å². The minimum absolute atomic E-state index is 0.0355. The van der Waals surface area contributed by atoms with Gasteiger partial charge in [0.1, 0.15) is 0 Å². The molecular weight excluding hydrogens is 334 g/mol. The van der Waals surface area contributed by atoms with Gasteiger partial charge in [0.15, 0.2) is 0 Å². The molecule has 0 aliphatic carbocycles. The van der Waals surface area contributed by atoms with Crippen molar-refractivity contribution in [3.05, 3.63) is 59.4 Å². The van der Waals surface area contributed by atoms with E-state index < -0.39 is 11.9 Å². The highest BCUT2D eigenvalue weighted by molar-refractivity contribution is 6.06. The highest BCUT2D eigenvalue weighted by Crippen LogP contribution is 2.13. The van der Waals surface area contributed by atoms with Crippen LogP contribution in [0.4, 0.5) is 5.69 Å². The van der Waals surface area contributed by atoms with Gasteiger partial charge in [-0.05, 0) is 43.7 Å². The lowest BCUT2D eigenvalue weighted by Crippen LogP contribution is -2.32. The van der Waals surface area contributed by atoms with Crippen LogP contribution in [0.1, 0.15) is 51.3 Å². The van der Waals surface area contributed by atoms with Crippen molar-refractivity contribution in [3.63, 3.8) is 0 Å². The molecule has 0 aliphatic rings. The fourth-order valence-electron chi connectivity index (χ4n) is 2.11. The van der Waals surface area contributed by atoms with Gasteiger partial charge in [0.2, 0.25) is 0 Å². The van der Waals surface area contributed by atoms with Gasteiger partial charge in [-0.1, -0.05) is 6.92 Å². The number of nitrogens with one attached hydrogen (secondary N) is 2. The molecule has 136 valence electrons. The van der Waals surface area contributed by atoms with E-state index in [-0.39, 0.29) is 17.5 Å². The predicted octanol–water partition coefficient (Wildman–Crippen LogP) is 2.65. The molecule has 7 nitrogen and oxygen atoms in total. The van der Waals surface area contributed by atoms with Crippen LogP contribution >= 0.6 is 0 Å². The van der Waals surface area contributed by atoms with E-state index in [9.17, 15) is 14.4 Å². The van der Waals surface area contributed by atoms with Gasteiger partial charge < -0.3 is 15.4 Å². The van der Waals surface area contributed by atoms with Crippen molar-refractivity contribution in [2.45, 2.75) is 26.3 Å². The van der Waals surface area contributed by atoms with Crippen molar-refractivity contribution in [3.8, 4) is 0 Å². The minimum atomic E-state index is -0.452. The third kappa shape index (κ3) is 4.89. The summed E-state index contributed by atoms with van der Waals surface area (Å²) in [5.74, 6) is -1.13. The predicted molar refractivity (Wildman–Crippen MR) is 97.2 cm³/mol. The third-order valence-corrected chi connectivity index (χ3v) is 3.82. The summed E-state index contributed by atoms with van der Waals surface area (Å²) in [6, 6.07) is 7.82. The van der Waals surface area contributed by atoms with Crippen LogP contribution in [0.15, 0.2) is 42.7 Å². The van der Waals surface area contributed by atoms with E-state index in [4.69, 9.17) is 0 Å². The Balaban J connectivity index is 2.09. The first-order chi connectivity index (χ1) is 12.4. The summed E-state index contributed by atoms with van der Waals surface area (Å²) in [6.07, 6.45) is 3.61. The van der Waals surface area contributed by atoms with Crippen LogP contribution in [0, 0.1) is 0 Å². The maximum Gasteiger partial charge on any atom is 0.337 e. The molecule has 26 heavy (non-hydrogen) atoms. The molecule has 1 aromatic carbocycles. The summed E-state index contributed by atoms with van der Waals surface area (Å²) in [4.78, 5) is 39.9. The molecule has 0 bridgehead atoms. The molecule has 7 heteroatoms. The molecule has 0 radical (unpaired) electrons. The molecule has 2 amide bonds. The Morgan fingerprint density at radius 3 is 2.23 bits per heavy atom. The molecule has 0 saturated heterocycles. The number of hydrogen-bond acceptors (Lipinski definition) is 5. The molecule has 1 heterocycles. The second-order valence-corrected chi connectivity index (χ2v) is 5.77. The quantitative estimate of drug-likeness (QED) is 0.777. The van der Waals surface area contributed by atoms with Gasteiger partial charge in [-0.2, -0.15) is 0 Å². The van der Waals surface area contributed by atoms with E-state index >= 15 is 0 Å². The van der Waals surface area contributed by atoms with Gasteiger partial charge >= 0.3 is 5.97 Å². The van der Waals surface area contributed by atoms with E-state index in [2.05, 4.69) is 20.4 Å². The monoisotopic (exact) mass is 355 g/mol. The molecule has 1 unspecified atom stereocenters. The maximum absolute atomic E-state index is 12.4. The van der Waals surface area contributed by atoms with E-state index in [0.29, 0.717) is 16.8 Å². The van der Waals surface area contributed by atoms with Crippen molar-refractivity contribution >= 4 is 23.5 Å². The Bertz CT molecular complexity index is 803. The second kappa shape index (κ2) is 8.75. The number of rotatable bonds is 6. The second-order valence-electron chi connectivity index (χ2n) is 5.77. The normalized spacial score (nSPS) is 11.3. The smallest absolute Gasteiger partial charge is 0.337 e. The van der Waals surface area contributed by atoms with Gasteiger partial charge in [0.05, 0.1) is 23.8 Å². The van der Waals surface area contributed by atoms with Crippen LogP contribution in [0.3, 0.4) is 0 Å². The number of aromatic nitrogens is 1. The number of carbonyl (C=O) groups is 3. The number of carbonyl (C=O) groups excluding carboxylic acids is 3. The van der Waals surface area contributed by atoms with Crippen LogP contribution < -0.4 is 10.6 Å². The number of benzene rings is 1. The van der Waals surface area contributed by atoms with Crippen molar-refractivity contribution in [2.75, 3.05) is 12.4 Å². The summed E-state index contributed by atoms with van der Waals surface area (Å²) in [6.45, 7) is 3.87. The highest BCUT2D eigenvalue weighted by atomic mass is 16.5. The van der Waals surface area contributed by atoms with Crippen LogP contribution in [0.2, 0.25) is 0 Å². The number of methoxy groups -OCH3 is 1.